The van der Waals surface area contributed by atoms with Crippen LogP contribution in [0.2, 0.25) is 4.34 Å². The Bertz CT molecular complexity index is 507. The Morgan fingerprint density at radius 1 is 1.35 bits per heavy atom. The summed E-state index contributed by atoms with van der Waals surface area (Å²) in [7, 11) is 1.67. The van der Waals surface area contributed by atoms with E-state index in [-0.39, 0.29) is 4.83 Å². The second-order valence-electron chi connectivity index (χ2n) is 3.41. The Kier molecular flexibility index (Phi) is 4.53. The third-order valence-electron chi connectivity index (χ3n) is 2.30. The molecule has 0 fully saturated rings. The van der Waals surface area contributed by atoms with E-state index >= 15 is 0 Å². The van der Waals surface area contributed by atoms with Crippen molar-refractivity contribution in [2.24, 2.45) is 0 Å². The van der Waals surface area contributed by atoms with Crippen LogP contribution >= 0.6 is 54.8 Å². The van der Waals surface area contributed by atoms with Crippen LogP contribution in [0.1, 0.15) is 15.3 Å². The van der Waals surface area contributed by atoms with Crippen molar-refractivity contribution in [3.8, 4) is 5.75 Å². The van der Waals surface area contributed by atoms with Gasteiger partial charge in [0, 0.05) is 9.35 Å². The summed E-state index contributed by atoms with van der Waals surface area (Å²) in [6.07, 6.45) is 0. The van der Waals surface area contributed by atoms with Crippen LogP contribution in [-0.2, 0) is 0 Å². The van der Waals surface area contributed by atoms with Gasteiger partial charge in [-0.2, -0.15) is 0 Å². The van der Waals surface area contributed by atoms with E-state index in [1.54, 1.807) is 18.4 Å². The van der Waals surface area contributed by atoms with Crippen LogP contribution in [0.25, 0.3) is 0 Å². The molecule has 1 heterocycles. The summed E-state index contributed by atoms with van der Waals surface area (Å²) in [4.78, 5) is 1.29. The Morgan fingerprint density at radius 3 is 2.71 bits per heavy atom. The van der Waals surface area contributed by atoms with E-state index in [1.807, 2.05) is 24.3 Å². The van der Waals surface area contributed by atoms with Crippen molar-refractivity contribution >= 4 is 54.8 Å². The topological polar surface area (TPSA) is 9.23 Å². The first-order chi connectivity index (χ1) is 8.11. The normalized spacial score (nSPS) is 12.5. The largest absolute Gasteiger partial charge is 0.497 e. The summed E-state index contributed by atoms with van der Waals surface area (Å²) in [5, 5.41) is 0. The molecular weight excluding hydrogens is 387 g/mol. The Balaban J connectivity index is 2.32. The first-order valence-electron chi connectivity index (χ1n) is 4.84. The van der Waals surface area contributed by atoms with Gasteiger partial charge in [0.15, 0.2) is 0 Å². The summed E-state index contributed by atoms with van der Waals surface area (Å²) >= 11 is 14.7. The molecule has 17 heavy (non-hydrogen) atoms. The van der Waals surface area contributed by atoms with Crippen molar-refractivity contribution in [2.45, 2.75) is 4.83 Å². The molecule has 0 aliphatic rings. The molecule has 90 valence electrons. The molecule has 0 aliphatic heterocycles. The van der Waals surface area contributed by atoms with E-state index in [0.29, 0.717) is 0 Å². The minimum absolute atomic E-state index is 0.131. The molecule has 2 aromatic rings. The summed E-state index contributed by atoms with van der Waals surface area (Å²) in [5.41, 5.74) is 1.15. The van der Waals surface area contributed by atoms with Crippen LogP contribution in [0.5, 0.6) is 5.75 Å². The lowest BCUT2D eigenvalue weighted by atomic mass is 10.1. The third-order valence-corrected chi connectivity index (χ3v) is 6.17. The number of rotatable bonds is 3. The zero-order valence-corrected chi connectivity index (χ0v) is 13.7. The van der Waals surface area contributed by atoms with Gasteiger partial charge in [-0.3, -0.25) is 0 Å². The van der Waals surface area contributed by atoms with Crippen molar-refractivity contribution < 1.29 is 4.74 Å². The lowest BCUT2D eigenvalue weighted by Gasteiger charge is -2.09. The molecule has 0 N–H and O–H groups in total. The molecular formula is C12H9Br2ClOS. The molecule has 1 nitrogen and oxygen atoms in total. The minimum Gasteiger partial charge on any atom is -0.497 e. The van der Waals surface area contributed by atoms with E-state index in [0.717, 1.165) is 25.0 Å². The maximum Gasteiger partial charge on any atom is 0.119 e. The van der Waals surface area contributed by atoms with Crippen molar-refractivity contribution in [3.05, 3.63) is 49.6 Å². The molecule has 0 radical (unpaired) electrons. The molecule has 0 saturated carbocycles. The molecule has 1 unspecified atom stereocenters. The third kappa shape index (κ3) is 3.05. The molecule has 0 bridgehead atoms. The van der Waals surface area contributed by atoms with Crippen LogP contribution < -0.4 is 4.74 Å². The smallest absolute Gasteiger partial charge is 0.119 e. The fourth-order valence-corrected chi connectivity index (χ4v) is 3.89. The van der Waals surface area contributed by atoms with Crippen LogP contribution in [0, 0.1) is 0 Å². The number of halogens is 3. The Labute approximate surface area is 126 Å². The van der Waals surface area contributed by atoms with E-state index in [4.69, 9.17) is 16.3 Å². The summed E-state index contributed by atoms with van der Waals surface area (Å²) in [6, 6.07) is 10.0. The molecule has 1 atom stereocenters. The van der Waals surface area contributed by atoms with Gasteiger partial charge in [-0.1, -0.05) is 39.7 Å². The standard InChI is InChI=1S/C12H9Br2ClOS/c1-16-8-4-2-3-7(5-8)11(14)10-6-9(13)12(15)17-10/h2-6,11H,1H3. The number of thiophene rings is 1. The van der Waals surface area contributed by atoms with Crippen LogP contribution in [-0.4, -0.2) is 7.11 Å². The van der Waals surface area contributed by atoms with Crippen molar-refractivity contribution in [2.75, 3.05) is 7.11 Å². The maximum atomic E-state index is 6.05. The second kappa shape index (κ2) is 5.74. The highest BCUT2D eigenvalue weighted by Crippen LogP contribution is 2.41. The molecule has 5 heteroatoms. The van der Waals surface area contributed by atoms with Gasteiger partial charge in [0.1, 0.15) is 10.1 Å². The van der Waals surface area contributed by atoms with Crippen LogP contribution in [0.3, 0.4) is 0 Å². The van der Waals surface area contributed by atoms with E-state index in [1.165, 1.54) is 0 Å². The monoisotopic (exact) mass is 394 g/mol. The molecule has 0 amide bonds. The number of benzene rings is 1. The number of hydrogen-bond donors (Lipinski definition) is 0. The zero-order valence-electron chi connectivity index (χ0n) is 8.91. The number of alkyl halides is 1. The second-order valence-corrected chi connectivity index (χ2v) is 6.87. The van der Waals surface area contributed by atoms with Gasteiger partial charge in [0.2, 0.25) is 0 Å². The summed E-state index contributed by atoms with van der Waals surface area (Å²) in [5.74, 6) is 0.855. The fraction of sp³-hybridized carbons (Fsp3) is 0.167. The van der Waals surface area contributed by atoms with Crippen molar-refractivity contribution in [3.63, 3.8) is 0 Å². The highest BCUT2D eigenvalue weighted by molar-refractivity contribution is 9.10. The lowest BCUT2D eigenvalue weighted by molar-refractivity contribution is 0.414. The maximum absolute atomic E-state index is 6.05. The summed E-state index contributed by atoms with van der Waals surface area (Å²) < 4.78 is 6.92. The SMILES string of the molecule is COc1cccc(C(Br)c2cc(Br)c(Cl)s2)c1. The highest BCUT2D eigenvalue weighted by atomic mass is 79.9. The molecule has 0 spiro atoms. The fourth-order valence-electron chi connectivity index (χ4n) is 1.45. The molecule has 0 saturated heterocycles. The first kappa shape index (κ1) is 13.4. The predicted molar refractivity (Wildman–Crippen MR) is 80.8 cm³/mol. The summed E-state index contributed by atoms with van der Waals surface area (Å²) in [6.45, 7) is 0. The van der Waals surface area contributed by atoms with Crippen molar-refractivity contribution in [1.82, 2.24) is 0 Å². The number of hydrogen-bond acceptors (Lipinski definition) is 2. The average molecular weight is 397 g/mol. The van der Waals surface area contributed by atoms with E-state index < -0.39 is 0 Å². The minimum atomic E-state index is 0.131. The van der Waals surface area contributed by atoms with Crippen molar-refractivity contribution in [1.29, 1.82) is 0 Å². The van der Waals surface area contributed by atoms with Gasteiger partial charge in [-0.25, -0.2) is 0 Å². The van der Waals surface area contributed by atoms with Gasteiger partial charge in [-0.15, -0.1) is 11.3 Å². The molecule has 2 rings (SSSR count). The molecule has 1 aromatic heterocycles. The number of methoxy groups -OCH3 is 1. The van der Waals surface area contributed by atoms with Gasteiger partial charge in [0.25, 0.3) is 0 Å². The molecule has 0 aliphatic carbocycles. The van der Waals surface area contributed by atoms with Crippen LogP contribution in [0.4, 0.5) is 0 Å². The van der Waals surface area contributed by atoms with E-state index in [9.17, 15) is 0 Å². The molecule has 1 aromatic carbocycles. The van der Waals surface area contributed by atoms with Gasteiger partial charge >= 0.3 is 0 Å². The van der Waals surface area contributed by atoms with Gasteiger partial charge < -0.3 is 4.74 Å². The quantitative estimate of drug-likeness (QED) is 0.609. The first-order valence-corrected chi connectivity index (χ1v) is 7.75. The zero-order chi connectivity index (χ0) is 12.4. The number of ether oxygens (including phenoxy) is 1. The van der Waals surface area contributed by atoms with Gasteiger partial charge in [-0.05, 0) is 39.7 Å². The Morgan fingerprint density at radius 2 is 2.12 bits per heavy atom. The van der Waals surface area contributed by atoms with E-state index in [2.05, 4.69) is 37.9 Å². The Hall–Kier alpha value is -0.0300. The predicted octanol–water partition coefficient (Wildman–Crippen LogP) is 5.66. The van der Waals surface area contributed by atoms with Gasteiger partial charge in [0.05, 0.1) is 11.9 Å². The van der Waals surface area contributed by atoms with Crippen LogP contribution in [0.15, 0.2) is 34.8 Å². The lowest BCUT2D eigenvalue weighted by Crippen LogP contribution is -1.90. The highest BCUT2D eigenvalue weighted by Gasteiger charge is 2.15. The average Bonchev–Trinajstić information content (AvgIpc) is 2.69.